The third-order valence-electron chi connectivity index (χ3n) is 3.10. The summed E-state index contributed by atoms with van der Waals surface area (Å²) < 4.78 is 10.5. The van der Waals surface area contributed by atoms with E-state index in [-0.39, 0.29) is 18.8 Å². The summed E-state index contributed by atoms with van der Waals surface area (Å²) >= 11 is 0. The summed E-state index contributed by atoms with van der Waals surface area (Å²) in [6.45, 7) is 1.09. The Bertz CT molecular complexity index is 162. The zero-order chi connectivity index (χ0) is 11.1. The molecule has 1 saturated carbocycles. The van der Waals surface area contributed by atoms with Gasteiger partial charge >= 0.3 is 0 Å². The number of aliphatic hydroxyl groups excluding tert-OH is 1. The van der Waals surface area contributed by atoms with Crippen LogP contribution in [0.1, 0.15) is 25.7 Å². The number of hydrogen-bond donors (Lipinski definition) is 2. The normalized spacial score (nSPS) is 21.0. The Morgan fingerprint density at radius 1 is 1.47 bits per heavy atom. The molecular formula is C11H23NO3. The van der Waals surface area contributed by atoms with Crippen LogP contribution >= 0.6 is 0 Å². The van der Waals surface area contributed by atoms with Gasteiger partial charge in [-0.1, -0.05) is 19.3 Å². The van der Waals surface area contributed by atoms with Crippen LogP contribution in [0.2, 0.25) is 0 Å². The highest BCUT2D eigenvalue weighted by molar-refractivity contribution is 4.73. The van der Waals surface area contributed by atoms with Gasteiger partial charge in [-0.05, 0) is 12.3 Å². The first kappa shape index (κ1) is 12.9. The quantitative estimate of drug-likeness (QED) is 0.622. The minimum Gasteiger partial charge on any atom is -0.394 e. The molecule has 1 aliphatic rings. The van der Waals surface area contributed by atoms with Gasteiger partial charge in [0.2, 0.25) is 0 Å². The predicted octanol–water partition coefficient (Wildman–Crippen LogP) is 0.528. The number of nitrogens with two attached hydrogens (primary N) is 1. The maximum atomic E-state index is 9.10. The highest BCUT2D eigenvalue weighted by atomic mass is 16.5. The lowest BCUT2D eigenvalue weighted by molar-refractivity contribution is -0.0249. The van der Waals surface area contributed by atoms with Crippen LogP contribution in [0.5, 0.6) is 0 Å². The van der Waals surface area contributed by atoms with Crippen molar-refractivity contribution < 1.29 is 14.6 Å². The van der Waals surface area contributed by atoms with Crippen molar-refractivity contribution in [3.05, 3.63) is 0 Å². The molecule has 2 unspecified atom stereocenters. The molecular weight excluding hydrogens is 194 g/mol. The highest BCUT2D eigenvalue weighted by Gasteiger charge is 2.20. The van der Waals surface area contributed by atoms with E-state index in [4.69, 9.17) is 20.3 Å². The lowest BCUT2D eigenvalue weighted by Gasteiger charge is -2.27. The zero-order valence-corrected chi connectivity index (χ0v) is 9.52. The molecule has 0 aromatic carbocycles. The molecule has 0 heterocycles. The van der Waals surface area contributed by atoms with E-state index < -0.39 is 0 Å². The van der Waals surface area contributed by atoms with Crippen LogP contribution in [0.15, 0.2) is 0 Å². The van der Waals surface area contributed by atoms with Crippen LogP contribution in [0.4, 0.5) is 0 Å². The van der Waals surface area contributed by atoms with Gasteiger partial charge in [0.05, 0.1) is 25.4 Å². The average Bonchev–Trinajstić information content (AvgIpc) is 2.15. The molecule has 0 radical (unpaired) electrons. The van der Waals surface area contributed by atoms with E-state index >= 15 is 0 Å². The fourth-order valence-corrected chi connectivity index (χ4v) is 1.78. The van der Waals surface area contributed by atoms with Crippen LogP contribution < -0.4 is 5.73 Å². The third kappa shape index (κ3) is 4.47. The first-order chi connectivity index (χ1) is 7.27. The predicted molar refractivity (Wildman–Crippen MR) is 58.6 cm³/mol. The molecule has 2 atom stereocenters. The van der Waals surface area contributed by atoms with Crippen molar-refractivity contribution in [1.82, 2.24) is 0 Å². The summed E-state index contributed by atoms with van der Waals surface area (Å²) in [6, 6.07) is -0.235. The van der Waals surface area contributed by atoms with Gasteiger partial charge in [-0.15, -0.1) is 0 Å². The molecule has 15 heavy (non-hydrogen) atoms. The Kier molecular flexibility index (Phi) is 6.17. The summed E-state index contributed by atoms with van der Waals surface area (Å²) in [5.41, 5.74) is 5.79. The monoisotopic (exact) mass is 217 g/mol. The molecule has 0 aromatic heterocycles. The van der Waals surface area contributed by atoms with Crippen molar-refractivity contribution in [1.29, 1.82) is 0 Å². The number of ether oxygens (including phenoxy) is 2. The van der Waals surface area contributed by atoms with Crippen LogP contribution in [0, 0.1) is 5.92 Å². The maximum absolute atomic E-state index is 9.10. The summed E-state index contributed by atoms with van der Waals surface area (Å²) in [5.74, 6) is 0.836. The standard InChI is InChI=1S/C11H23NO3/c1-14-8-10(12)11(7-13)15-6-5-9-3-2-4-9/h9-11,13H,2-8,12H2,1H3. The lowest BCUT2D eigenvalue weighted by Crippen LogP contribution is -2.43. The summed E-state index contributed by atoms with van der Waals surface area (Å²) in [4.78, 5) is 0. The average molecular weight is 217 g/mol. The molecule has 0 aliphatic heterocycles. The SMILES string of the molecule is COCC(N)C(CO)OCCC1CCC1. The van der Waals surface area contributed by atoms with Gasteiger partial charge in [-0.25, -0.2) is 0 Å². The number of aliphatic hydroxyl groups is 1. The van der Waals surface area contributed by atoms with Gasteiger partial charge in [0.1, 0.15) is 0 Å². The van der Waals surface area contributed by atoms with E-state index in [1.165, 1.54) is 19.3 Å². The fraction of sp³-hybridized carbons (Fsp3) is 1.00. The highest BCUT2D eigenvalue weighted by Crippen LogP contribution is 2.29. The minimum atomic E-state index is -0.287. The Morgan fingerprint density at radius 2 is 2.20 bits per heavy atom. The van der Waals surface area contributed by atoms with Crippen LogP contribution in [-0.2, 0) is 9.47 Å². The second kappa shape index (κ2) is 7.17. The summed E-state index contributed by atoms with van der Waals surface area (Å²) in [5, 5.41) is 9.10. The molecule has 0 aromatic rings. The molecule has 0 saturated heterocycles. The van der Waals surface area contributed by atoms with E-state index in [0.717, 1.165) is 12.3 Å². The first-order valence-electron chi connectivity index (χ1n) is 5.75. The molecule has 0 spiro atoms. The second-order valence-corrected chi connectivity index (χ2v) is 4.30. The van der Waals surface area contributed by atoms with Crippen LogP contribution in [0.3, 0.4) is 0 Å². The smallest absolute Gasteiger partial charge is 0.0978 e. The Balaban J connectivity index is 2.08. The maximum Gasteiger partial charge on any atom is 0.0978 e. The van der Waals surface area contributed by atoms with E-state index in [2.05, 4.69) is 0 Å². The first-order valence-corrected chi connectivity index (χ1v) is 5.75. The Hall–Kier alpha value is -0.160. The molecule has 4 heteroatoms. The number of methoxy groups -OCH3 is 1. The molecule has 3 N–H and O–H groups in total. The number of rotatable bonds is 8. The largest absolute Gasteiger partial charge is 0.394 e. The van der Waals surface area contributed by atoms with Gasteiger partial charge in [0, 0.05) is 13.7 Å². The second-order valence-electron chi connectivity index (χ2n) is 4.30. The number of hydrogen-bond acceptors (Lipinski definition) is 4. The van der Waals surface area contributed by atoms with Crippen LogP contribution in [-0.4, -0.2) is 44.2 Å². The van der Waals surface area contributed by atoms with E-state index in [1.807, 2.05) is 0 Å². The van der Waals surface area contributed by atoms with Crippen molar-refractivity contribution in [3.8, 4) is 0 Å². The van der Waals surface area contributed by atoms with E-state index in [9.17, 15) is 0 Å². The van der Waals surface area contributed by atoms with Gasteiger partial charge in [0.15, 0.2) is 0 Å². The van der Waals surface area contributed by atoms with E-state index in [0.29, 0.717) is 13.2 Å². The van der Waals surface area contributed by atoms with Crippen molar-refractivity contribution in [2.24, 2.45) is 11.7 Å². The molecule has 1 fully saturated rings. The van der Waals surface area contributed by atoms with Gasteiger partial charge in [-0.2, -0.15) is 0 Å². The lowest BCUT2D eigenvalue weighted by atomic mass is 9.83. The van der Waals surface area contributed by atoms with Crippen molar-refractivity contribution in [2.75, 3.05) is 26.9 Å². The molecule has 4 nitrogen and oxygen atoms in total. The van der Waals surface area contributed by atoms with Crippen molar-refractivity contribution >= 4 is 0 Å². The Morgan fingerprint density at radius 3 is 2.67 bits per heavy atom. The Labute approximate surface area is 91.7 Å². The topological polar surface area (TPSA) is 64.7 Å². The van der Waals surface area contributed by atoms with Crippen molar-refractivity contribution in [3.63, 3.8) is 0 Å². The fourth-order valence-electron chi connectivity index (χ4n) is 1.78. The molecule has 0 amide bonds. The minimum absolute atomic E-state index is 0.0325. The molecule has 90 valence electrons. The van der Waals surface area contributed by atoms with Gasteiger partial charge in [-0.3, -0.25) is 0 Å². The molecule has 1 aliphatic carbocycles. The van der Waals surface area contributed by atoms with Crippen LogP contribution in [0.25, 0.3) is 0 Å². The zero-order valence-electron chi connectivity index (χ0n) is 9.52. The summed E-state index contributed by atoms with van der Waals surface area (Å²) in [7, 11) is 1.60. The van der Waals surface area contributed by atoms with Crippen molar-refractivity contribution in [2.45, 2.75) is 37.8 Å². The van der Waals surface area contributed by atoms with Gasteiger partial charge < -0.3 is 20.3 Å². The molecule has 0 bridgehead atoms. The molecule has 1 rings (SSSR count). The van der Waals surface area contributed by atoms with Gasteiger partial charge in [0.25, 0.3) is 0 Å². The third-order valence-corrected chi connectivity index (χ3v) is 3.10. The summed E-state index contributed by atoms with van der Waals surface area (Å²) in [6.07, 6.45) is 4.83. The van der Waals surface area contributed by atoms with E-state index in [1.54, 1.807) is 7.11 Å².